The van der Waals surface area contributed by atoms with Gasteiger partial charge in [-0.2, -0.15) is 0 Å². The Labute approximate surface area is 79.2 Å². The molecule has 0 aliphatic rings. The molecule has 0 amide bonds. The second-order valence-corrected chi connectivity index (χ2v) is 2.60. The SMILES string of the molecule is O=CP.c1ccc2ncccc2c1. The standard InChI is InChI=1S/C9H7N.CH3OP/c1-2-6-9-8(4-1)5-3-7-10-9;2-1-3/h1-7H;1H,3H2. The molecule has 2 nitrogen and oxygen atoms in total. The molecule has 0 N–H and O–H groups in total. The summed E-state index contributed by atoms with van der Waals surface area (Å²) in [5, 5.41) is 1.20. The number of rotatable bonds is 0. The van der Waals surface area contributed by atoms with Gasteiger partial charge in [0.2, 0.25) is 0 Å². The van der Waals surface area contributed by atoms with Gasteiger partial charge in [0.05, 0.1) is 5.52 Å². The van der Waals surface area contributed by atoms with Crippen LogP contribution in [0.5, 0.6) is 0 Å². The van der Waals surface area contributed by atoms with Crippen LogP contribution in [0.4, 0.5) is 0 Å². The first kappa shape index (κ1) is 9.82. The molecule has 0 fully saturated rings. The molecule has 66 valence electrons. The number of carbonyl (C=O) groups is 1. The highest BCUT2D eigenvalue weighted by Gasteiger charge is 1.86. The Kier molecular flexibility index (Phi) is 4.07. The Morgan fingerprint density at radius 1 is 1.15 bits per heavy atom. The van der Waals surface area contributed by atoms with Crippen molar-refractivity contribution >= 4 is 26.2 Å². The maximum absolute atomic E-state index is 8.77. The second-order valence-electron chi connectivity index (χ2n) is 2.33. The molecule has 3 heteroatoms. The van der Waals surface area contributed by atoms with E-state index in [2.05, 4.69) is 17.1 Å². The van der Waals surface area contributed by atoms with Gasteiger partial charge < -0.3 is 0 Å². The summed E-state index contributed by atoms with van der Waals surface area (Å²) in [4.78, 5) is 12.9. The first-order valence-corrected chi connectivity index (χ1v) is 4.50. The zero-order chi connectivity index (χ0) is 9.52. The van der Waals surface area contributed by atoms with E-state index in [1.165, 1.54) is 5.39 Å². The number of carbonyl (C=O) groups excluding carboxylic acids is 1. The molecule has 0 radical (unpaired) electrons. The summed E-state index contributed by atoms with van der Waals surface area (Å²) >= 11 is 0. The van der Waals surface area contributed by atoms with Crippen LogP contribution in [-0.4, -0.2) is 11.0 Å². The number of hydrogen-bond donors (Lipinski definition) is 0. The lowest BCUT2D eigenvalue weighted by atomic mass is 10.2. The molecule has 2 rings (SSSR count). The molecular formula is C10H10NOP. The van der Waals surface area contributed by atoms with E-state index < -0.39 is 0 Å². The van der Waals surface area contributed by atoms with Crippen LogP contribution >= 0.6 is 9.24 Å². The lowest BCUT2D eigenvalue weighted by Gasteiger charge is -1.91. The van der Waals surface area contributed by atoms with Gasteiger partial charge in [-0.3, -0.25) is 9.78 Å². The fraction of sp³-hybridized carbons (Fsp3) is 0. The van der Waals surface area contributed by atoms with E-state index in [0.29, 0.717) is 6.03 Å². The highest BCUT2D eigenvalue weighted by atomic mass is 31.0. The summed E-state index contributed by atoms with van der Waals surface area (Å²) in [6.07, 6.45) is 1.81. The van der Waals surface area contributed by atoms with Crippen molar-refractivity contribution in [3.05, 3.63) is 42.6 Å². The van der Waals surface area contributed by atoms with Gasteiger partial charge in [0.25, 0.3) is 0 Å². The third-order valence-corrected chi connectivity index (χ3v) is 1.51. The molecule has 0 saturated carbocycles. The molecule has 1 aromatic heterocycles. The maximum Gasteiger partial charge on any atom is 0.135 e. The van der Waals surface area contributed by atoms with Gasteiger partial charge in [0, 0.05) is 11.6 Å². The summed E-state index contributed by atoms with van der Waals surface area (Å²) in [5.41, 5.74) is 1.06. The quantitative estimate of drug-likeness (QED) is 0.472. The van der Waals surface area contributed by atoms with Crippen molar-refractivity contribution in [2.24, 2.45) is 0 Å². The third kappa shape index (κ3) is 2.92. The van der Waals surface area contributed by atoms with Crippen LogP contribution in [-0.2, 0) is 4.79 Å². The summed E-state index contributed by atoms with van der Waals surface area (Å²) in [5.74, 6) is 0. The molecule has 0 aliphatic carbocycles. The lowest BCUT2D eigenvalue weighted by Crippen LogP contribution is -1.73. The molecule has 1 atom stereocenters. The molecule has 2 aromatic rings. The molecule has 1 heterocycles. The number of benzene rings is 1. The maximum atomic E-state index is 8.77. The average Bonchev–Trinajstić information content (AvgIpc) is 2.19. The van der Waals surface area contributed by atoms with Gasteiger partial charge in [0.1, 0.15) is 6.03 Å². The van der Waals surface area contributed by atoms with Crippen LogP contribution in [0.2, 0.25) is 0 Å². The summed E-state index contributed by atoms with van der Waals surface area (Å²) in [6.45, 7) is 0. The van der Waals surface area contributed by atoms with E-state index in [4.69, 9.17) is 4.79 Å². The Balaban J connectivity index is 0.000000251. The van der Waals surface area contributed by atoms with Gasteiger partial charge in [-0.25, -0.2) is 0 Å². The van der Waals surface area contributed by atoms with E-state index in [1.54, 1.807) is 0 Å². The average molecular weight is 191 g/mol. The number of pyridine rings is 1. The Bertz CT molecular complexity index is 324. The van der Waals surface area contributed by atoms with E-state index >= 15 is 0 Å². The number of aromatic nitrogens is 1. The fourth-order valence-electron chi connectivity index (χ4n) is 1.02. The first-order valence-electron chi connectivity index (χ1n) is 3.83. The monoisotopic (exact) mass is 191 g/mol. The van der Waals surface area contributed by atoms with E-state index in [1.807, 2.05) is 39.7 Å². The minimum atomic E-state index is 0.667. The van der Waals surface area contributed by atoms with Gasteiger partial charge >= 0.3 is 0 Å². The molecular weight excluding hydrogens is 181 g/mol. The van der Waals surface area contributed by atoms with Gasteiger partial charge in [-0.15, -0.1) is 0 Å². The topological polar surface area (TPSA) is 30.0 Å². The largest absolute Gasteiger partial charge is 0.299 e. The molecule has 0 spiro atoms. The van der Waals surface area contributed by atoms with Gasteiger partial charge in [0.15, 0.2) is 0 Å². The molecule has 1 unspecified atom stereocenters. The molecule has 0 saturated heterocycles. The zero-order valence-electron chi connectivity index (χ0n) is 7.05. The van der Waals surface area contributed by atoms with Crippen LogP contribution in [0.3, 0.4) is 0 Å². The van der Waals surface area contributed by atoms with Gasteiger partial charge in [-0.05, 0) is 12.1 Å². The zero-order valence-corrected chi connectivity index (χ0v) is 8.21. The summed E-state index contributed by atoms with van der Waals surface area (Å²) < 4.78 is 0. The molecule has 13 heavy (non-hydrogen) atoms. The van der Waals surface area contributed by atoms with Crippen LogP contribution in [0.1, 0.15) is 0 Å². The second kappa shape index (κ2) is 5.39. The normalized spacial score (nSPS) is 8.69. The first-order chi connectivity index (χ1) is 6.38. The highest BCUT2D eigenvalue weighted by molar-refractivity contribution is 7.36. The number of para-hydroxylation sites is 1. The van der Waals surface area contributed by atoms with Crippen LogP contribution < -0.4 is 0 Å². The highest BCUT2D eigenvalue weighted by Crippen LogP contribution is 2.07. The summed E-state index contributed by atoms with van der Waals surface area (Å²) in [7, 11) is 1.90. The number of nitrogens with zero attached hydrogens (tertiary/aromatic N) is 1. The number of fused-ring (bicyclic) bond motifs is 1. The molecule has 0 aliphatic heterocycles. The van der Waals surface area contributed by atoms with Crippen molar-refractivity contribution in [3.8, 4) is 0 Å². The van der Waals surface area contributed by atoms with Crippen LogP contribution in [0, 0.1) is 0 Å². The fourth-order valence-corrected chi connectivity index (χ4v) is 1.02. The number of hydrogen-bond acceptors (Lipinski definition) is 2. The summed E-state index contributed by atoms with van der Waals surface area (Å²) in [6, 6.07) is 12.8. The molecule has 1 aromatic carbocycles. The van der Waals surface area contributed by atoms with Crippen molar-refractivity contribution in [3.63, 3.8) is 0 Å². The van der Waals surface area contributed by atoms with Crippen LogP contribution in [0.25, 0.3) is 10.9 Å². The smallest absolute Gasteiger partial charge is 0.135 e. The van der Waals surface area contributed by atoms with E-state index in [9.17, 15) is 0 Å². The lowest BCUT2D eigenvalue weighted by molar-refractivity contribution is 0.570. The van der Waals surface area contributed by atoms with E-state index in [0.717, 1.165) is 5.52 Å². The van der Waals surface area contributed by atoms with E-state index in [-0.39, 0.29) is 0 Å². The van der Waals surface area contributed by atoms with Crippen molar-refractivity contribution in [2.75, 3.05) is 0 Å². The van der Waals surface area contributed by atoms with Gasteiger partial charge in [-0.1, -0.05) is 33.5 Å². The predicted octanol–water partition coefficient (Wildman–Crippen LogP) is 2.29. The minimum Gasteiger partial charge on any atom is -0.299 e. The van der Waals surface area contributed by atoms with Crippen molar-refractivity contribution in [1.29, 1.82) is 0 Å². The Morgan fingerprint density at radius 3 is 2.46 bits per heavy atom. The Morgan fingerprint density at radius 2 is 1.77 bits per heavy atom. The molecule has 0 bridgehead atoms. The van der Waals surface area contributed by atoms with Crippen molar-refractivity contribution in [1.82, 2.24) is 4.98 Å². The van der Waals surface area contributed by atoms with Crippen molar-refractivity contribution in [2.45, 2.75) is 0 Å². The minimum absolute atomic E-state index is 0.667. The third-order valence-electron chi connectivity index (χ3n) is 1.51. The van der Waals surface area contributed by atoms with Crippen LogP contribution in [0.15, 0.2) is 42.6 Å². The predicted molar refractivity (Wildman–Crippen MR) is 58.2 cm³/mol. The Hall–Kier alpha value is -1.27. The van der Waals surface area contributed by atoms with Crippen molar-refractivity contribution < 1.29 is 4.79 Å².